The van der Waals surface area contributed by atoms with E-state index in [1.54, 1.807) is 6.08 Å². The van der Waals surface area contributed by atoms with Crippen molar-refractivity contribution in [3.8, 4) is 0 Å². The van der Waals surface area contributed by atoms with Crippen molar-refractivity contribution < 1.29 is 9.90 Å². The standard InChI is InChI=1S/C6H10O2/c1-2-3-4-5-6(7)8/h3-4H,2,5H2,1H3,(H,7,8)/b4-3-. The van der Waals surface area contributed by atoms with E-state index < -0.39 is 5.97 Å². The predicted octanol–water partition coefficient (Wildman–Crippen LogP) is 1.43. The van der Waals surface area contributed by atoms with Crippen molar-refractivity contribution in [2.24, 2.45) is 0 Å². The molecule has 0 aromatic heterocycles. The third kappa shape index (κ3) is 5.21. The third-order valence-electron chi connectivity index (χ3n) is 0.695. The molecule has 8 heavy (non-hydrogen) atoms. The van der Waals surface area contributed by atoms with Gasteiger partial charge in [0.2, 0.25) is 0 Å². The lowest BCUT2D eigenvalue weighted by atomic mass is 10.3. The molecule has 2 nitrogen and oxygen atoms in total. The summed E-state index contributed by atoms with van der Waals surface area (Å²) in [7, 11) is 0. The van der Waals surface area contributed by atoms with Crippen molar-refractivity contribution >= 4 is 5.97 Å². The van der Waals surface area contributed by atoms with Crippen LogP contribution >= 0.6 is 0 Å². The first kappa shape index (κ1) is 7.21. The smallest absolute Gasteiger partial charge is 0.307 e. The largest absolute Gasteiger partial charge is 0.481 e. The van der Waals surface area contributed by atoms with Gasteiger partial charge in [-0.05, 0) is 6.42 Å². The summed E-state index contributed by atoms with van der Waals surface area (Å²) < 4.78 is 0. The fourth-order valence-electron chi connectivity index (χ4n) is 0.351. The molecule has 0 unspecified atom stereocenters. The van der Waals surface area contributed by atoms with Gasteiger partial charge in [0, 0.05) is 0 Å². The molecule has 0 spiro atoms. The van der Waals surface area contributed by atoms with Crippen LogP contribution in [0.25, 0.3) is 0 Å². The minimum Gasteiger partial charge on any atom is -0.481 e. The number of hydrogen-bond donors (Lipinski definition) is 1. The Morgan fingerprint density at radius 1 is 1.62 bits per heavy atom. The number of carboxylic acid groups (broad SMARTS) is 1. The average Bonchev–Trinajstić information content (AvgIpc) is 1.66. The Bertz CT molecular complexity index is 94.7. The Hall–Kier alpha value is -0.790. The van der Waals surface area contributed by atoms with E-state index in [2.05, 4.69) is 0 Å². The molecule has 0 aliphatic carbocycles. The fraction of sp³-hybridized carbons (Fsp3) is 0.500. The molecular formula is C6H10O2. The molecule has 0 amide bonds. The molecule has 0 aliphatic heterocycles. The Labute approximate surface area is 48.8 Å². The fourth-order valence-corrected chi connectivity index (χ4v) is 0.351. The monoisotopic (exact) mass is 114 g/mol. The number of rotatable bonds is 3. The van der Waals surface area contributed by atoms with Crippen LogP contribution in [0.5, 0.6) is 0 Å². The molecule has 0 aromatic carbocycles. The molecule has 0 bridgehead atoms. The highest BCUT2D eigenvalue weighted by molar-refractivity contribution is 5.68. The summed E-state index contributed by atoms with van der Waals surface area (Å²) in [6, 6.07) is 0. The Balaban J connectivity index is 3.16. The van der Waals surface area contributed by atoms with E-state index in [0.717, 1.165) is 6.42 Å². The topological polar surface area (TPSA) is 37.3 Å². The average molecular weight is 114 g/mol. The first-order valence-corrected chi connectivity index (χ1v) is 2.64. The molecular weight excluding hydrogens is 104 g/mol. The van der Waals surface area contributed by atoms with Crippen LogP contribution in [-0.4, -0.2) is 11.1 Å². The van der Waals surface area contributed by atoms with Crippen LogP contribution in [0.1, 0.15) is 19.8 Å². The van der Waals surface area contributed by atoms with Crippen LogP contribution in [0.15, 0.2) is 12.2 Å². The first-order chi connectivity index (χ1) is 3.77. The van der Waals surface area contributed by atoms with Gasteiger partial charge in [0.1, 0.15) is 0 Å². The van der Waals surface area contributed by atoms with Gasteiger partial charge in [0.05, 0.1) is 6.42 Å². The van der Waals surface area contributed by atoms with E-state index in [-0.39, 0.29) is 6.42 Å². The van der Waals surface area contributed by atoms with Crippen molar-refractivity contribution in [3.63, 3.8) is 0 Å². The molecule has 0 saturated carbocycles. The van der Waals surface area contributed by atoms with Gasteiger partial charge in [-0.15, -0.1) is 0 Å². The van der Waals surface area contributed by atoms with E-state index in [9.17, 15) is 4.79 Å². The molecule has 0 saturated heterocycles. The molecule has 1 N–H and O–H groups in total. The maximum atomic E-state index is 9.82. The summed E-state index contributed by atoms with van der Waals surface area (Å²) in [6.45, 7) is 1.97. The second kappa shape index (κ2) is 4.37. The summed E-state index contributed by atoms with van der Waals surface area (Å²) >= 11 is 0. The van der Waals surface area contributed by atoms with Crippen molar-refractivity contribution in [3.05, 3.63) is 12.2 Å². The zero-order chi connectivity index (χ0) is 6.41. The van der Waals surface area contributed by atoms with Crippen molar-refractivity contribution in [1.82, 2.24) is 0 Å². The first-order valence-electron chi connectivity index (χ1n) is 2.64. The van der Waals surface area contributed by atoms with E-state index in [1.165, 1.54) is 0 Å². The van der Waals surface area contributed by atoms with Crippen molar-refractivity contribution in [2.75, 3.05) is 0 Å². The van der Waals surface area contributed by atoms with Gasteiger partial charge in [0.15, 0.2) is 0 Å². The highest BCUT2D eigenvalue weighted by Crippen LogP contribution is 1.84. The molecule has 2 heteroatoms. The highest BCUT2D eigenvalue weighted by atomic mass is 16.4. The predicted molar refractivity (Wildman–Crippen MR) is 31.7 cm³/mol. The molecule has 0 aromatic rings. The maximum Gasteiger partial charge on any atom is 0.307 e. The number of hydrogen-bond acceptors (Lipinski definition) is 1. The van der Waals surface area contributed by atoms with E-state index in [4.69, 9.17) is 5.11 Å². The van der Waals surface area contributed by atoms with Crippen molar-refractivity contribution in [2.45, 2.75) is 19.8 Å². The lowest BCUT2D eigenvalue weighted by molar-refractivity contribution is -0.136. The van der Waals surface area contributed by atoms with Gasteiger partial charge < -0.3 is 5.11 Å². The maximum absolute atomic E-state index is 9.82. The molecule has 46 valence electrons. The van der Waals surface area contributed by atoms with Crippen LogP contribution in [0.3, 0.4) is 0 Å². The van der Waals surface area contributed by atoms with E-state index in [1.807, 2.05) is 13.0 Å². The SMILES string of the molecule is CC/C=C\CC(=O)O. The lowest BCUT2D eigenvalue weighted by Gasteiger charge is -1.80. The quantitative estimate of drug-likeness (QED) is 0.563. The van der Waals surface area contributed by atoms with Gasteiger partial charge in [-0.1, -0.05) is 19.1 Å². The minimum absolute atomic E-state index is 0.147. The summed E-state index contributed by atoms with van der Waals surface area (Å²) in [5.74, 6) is -0.769. The minimum atomic E-state index is -0.769. The zero-order valence-corrected chi connectivity index (χ0v) is 4.92. The normalized spacial score (nSPS) is 10.1. The Morgan fingerprint density at radius 3 is 2.62 bits per heavy atom. The third-order valence-corrected chi connectivity index (χ3v) is 0.695. The van der Waals surface area contributed by atoms with Crippen LogP contribution < -0.4 is 0 Å². The molecule has 0 fully saturated rings. The van der Waals surface area contributed by atoms with Crippen molar-refractivity contribution in [1.29, 1.82) is 0 Å². The van der Waals surface area contributed by atoms with Gasteiger partial charge >= 0.3 is 5.97 Å². The van der Waals surface area contributed by atoms with Crippen LogP contribution in [0.2, 0.25) is 0 Å². The molecule has 0 aliphatic rings. The molecule has 0 rings (SSSR count). The summed E-state index contributed by atoms with van der Waals surface area (Å²) in [5, 5.41) is 8.09. The van der Waals surface area contributed by atoms with Gasteiger partial charge in [0.25, 0.3) is 0 Å². The highest BCUT2D eigenvalue weighted by Gasteiger charge is 1.86. The van der Waals surface area contributed by atoms with E-state index in [0.29, 0.717) is 0 Å². The Morgan fingerprint density at radius 2 is 2.25 bits per heavy atom. The second-order valence-corrected chi connectivity index (χ2v) is 1.48. The Kier molecular flexibility index (Phi) is 3.94. The molecule has 0 heterocycles. The van der Waals surface area contributed by atoms with Crippen LogP contribution in [0, 0.1) is 0 Å². The number of allylic oxidation sites excluding steroid dienone is 1. The van der Waals surface area contributed by atoms with E-state index >= 15 is 0 Å². The molecule has 0 atom stereocenters. The molecule has 0 radical (unpaired) electrons. The van der Waals surface area contributed by atoms with Crippen LogP contribution in [0.4, 0.5) is 0 Å². The second-order valence-electron chi connectivity index (χ2n) is 1.48. The number of carboxylic acids is 1. The van der Waals surface area contributed by atoms with Gasteiger partial charge in [-0.3, -0.25) is 4.79 Å². The summed E-state index contributed by atoms with van der Waals surface area (Å²) in [5.41, 5.74) is 0. The van der Waals surface area contributed by atoms with Crippen LogP contribution in [-0.2, 0) is 4.79 Å². The summed E-state index contributed by atoms with van der Waals surface area (Å²) in [4.78, 5) is 9.82. The zero-order valence-electron chi connectivity index (χ0n) is 4.92. The lowest BCUT2D eigenvalue weighted by Crippen LogP contribution is -1.89. The van der Waals surface area contributed by atoms with Gasteiger partial charge in [-0.25, -0.2) is 0 Å². The summed E-state index contributed by atoms with van der Waals surface area (Å²) in [6.07, 6.45) is 4.55. The number of carbonyl (C=O) groups is 1. The number of aliphatic carboxylic acids is 1. The van der Waals surface area contributed by atoms with Gasteiger partial charge in [-0.2, -0.15) is 0 Å².